The Morgan fingerprint density at radius 3 is 2.32 bits per heavy atom. The molecule has 4 aliphatic carbocycles. The van der Waals surface area contributed by atoms with Crippen LogP contribution < -0.4 is 20.3 Å². The minimum absolute atomic E-state index is 0.194. The molecule has 8 rings (SSSR count). The lowest BCUT2D eigenvalue weighted by Gasteiger charge is -2.63. The van der Waals surface area contributed by atoms with Crippen LogP contribution in [0.2, 0.25) is 0 Å². The minimum Gasteiger partial charge on any atom is -0.379 e. The zero-order valence-electron chi connectivity index (χ0n) is 31.1. The van der Waals surface area contributed by atoms with Gasteiger partial charge >= 0.3 is 0 Å². The molecule has 0 radical (unpaired) electrons. The molecule has 4 atom stereocenters. The molecular formula is C42H53N5O5S. The number of nitrogens with one attached hydrogen (secondary N) is 3. The molecule has 0 spiro atoms. The van der Waals surface area contributed by atoms with Crippen molar-refractivity contribution in [3.05, 3.63) is 99.6 Å². The lowest BCUT2D eigenvalue weighted by atomic mass is 9.43. The predicted octanol–water partition coefficient (Wildman–Crippen LogP) is 8.03. The largest absolute Gasteiger partial charge is 0.379 e. The van der Waals surface area contributed by atoms with Crippen molar-refractivity contribution in [2.24, 2.45) is 29.1 Å². The molecule has 0 unspecified atom stereocenters. The van der Waals surface area contributed by atoms with Crippen molar-refractivity contribution >= 4 is 39.1 Å². The molecule has 1 amide bonds. The molecule has 5 fully saturated rings. The predicted molar refractivity (Wildman–Crippen MR) is 210 cm³/mol. The first-order valence-electron chi connectivity index (χ1n) is 19.4. The SMILES string of the molecule is C[C@@H]1[C@H](NC2CCN(c3ccc(C(=O)NS(=O)(=O)c4ccc(NCC5CCCCC5)c([N+](=O)[O-])c4)cc3)CC2)C(=Cc2ccccc2)[C@@H]2C[C@@H]1C2(C)C. The number of nitrogens with zero attached hydrogens (tertiary/aromatic N) is 2. The van der Waals surface area contributed by atoms with Crippen LogP contribution in [-0.4, -0.2) is 51.0 Å². The summed E-state index contributed by atoms with van der Waals surface area (Å²) >= 11 is 0. The summed E-state index contributed by atoms with van der Waals surface area (Å²) in [4.78, 5) is 26.3. The third kappa shape index (κ3) is 7.87. The summed E-state index contributed by atoms with van der Waals surface area (Å²) in [5.41, 5.74) is 4.25. The number of rotatable bonds is 11. The van der Waals surface area contributed by atoms with Crippen molar-refractivity contribution in [1.29, 1.82) is 0 Å². The molecule has 4 saturated carbocycles. The van der Waals surface area contributed by atoms with Crippen LogP contribution in [-0.2, 0) is 10.0 Å². The highest BCUT2D eigenvalue weighted by Crippen LogP contribution is 2.63. The second-order valence-electron chi connectivity index (χ2n) is 16.3. The van der Waals surface area contributed by atoms with Crippen molar-refractivity contribution in [3.63, 3.8) is 0 Å². The van der Waals surface area contributed by atoms with Crippen molar-refractivity contribution in [3.8, 4) is 0 Å². The number of hydrogen-bond acceptors (Lipinski definition) is 8. The van der Waals surface area contributed by atoms with Gasteiger partial charge in [0.2, 0.25) is 0 Å². The number of piperidine rings is 1. The van der Waals surface area contributed by atoms with Crippen LogP contribution >= 0.6 is 0 Å². The first kappa shape index (κ1) is 37.1. The number of amides is 1. The van der Waals surface area contributed by atoms with Crippen molar-refractivity contribution < 1.29 is 18.1 Å². The van der Waals surface area contributed by atoms with Crippen LogP contribution in [0.1, 0.15) is 88.1 Å². The summed E-state index contributed by atoms with van der Waals surface area (Å²) in [6.45, 7) is 9.64. The lowest BCUT2D eigenvalue weighted by Crippen LogP contribution is -2.63. The summed E-state index contributed by atoms with van der Waals surface area (Å²) in [7, 11) is -4.35. The van der Waals surface area contributed by atoms with E-state index in [0.29, 0.717) is 41.8 Å². The monoisotopic (exact) mass is 739 g/mol. The van der Waals surface area contributed by atoms with E-state index in [9.17, 15) is 23.3 Å². The molecule has 1 saturated heterocycles. The Labute approximate surface area is 314 Å². The number of carbonyl (C=O) groups excluding carboxylic acids is 1. The van der Waals surface area contributed by atoms with Gasteiger partial charge in [-0.15, -0.1) is 0 Å². The maximum absolute atomic E-state index is 13.2. The van der Waals surface area contributed by atoms with Crippen LogP contribution in [0, 0.1) is 39.2 Å². The zero-order valence-corrected chi connectivity index (χ0v) is 31.9. The fraction of sp³-hybridized carbons (Fsp3) is 0.500. The van der Waals surface area contributed by atoms with E-state index >= 15 is 0 Å². The van der Waals surface area contributed by atoms with E-state index in [2.05, 4.69) is 77.4 Å². The molecule has 3 N–H and O–H groups in total. The third-order valence-corrected chi connectivity index (χ3v) is 14.1. The van der Waals surface area contributed by atoms with Gasteiger partial charge in [-0.05, 0) is 109 Å². The molecule has 11 heteroatoms. The molecule has 10 nitrogen and oxygen atoms in total. The van der Waals surface area contributed by atoms with Crippen LogP contribution in [0.15, 0.2) is 83.3 Å². The average Bonchev–Trinajstić information content (AvgIpc) is 3.16. The number of fused-ring (bicyclic) bond motifs is 2. The van der Waals surface area contributed by atoms with Gasteiger partial charge in [0.15, 0.2) is 0 Å². The Balaban J connectivity index is 0.949. The third-order valence-electron chi connectivity index (χ3n) is 12.8. The van der Waals surface area contributed by atoms with E-state index in [1.165, 1.54) is 30.5 Å². The maximum atomic E-state index is 13.2. The maximum Gasteiger partial charge on any atom is 0.293 e. The van der Waals surface area contributed by atoms with Gasteiger partial charge in [0.25, 0.3) is 21.6 Å². The molecule has 5 aliphatic rings. The van der Waals surface area contributed by atoms with Gasteiger partial charge in [-0.2, -0.15) is 0 Å². The molecule has 2 bridgehead atoms. The van der Waals surface area contributed by atoms with E-state index in [1.54, 1.807) is 17.7 Å². The summed E-state index contributed by atoms with van der Waals surface area (Å²) in [6.07, 6.45) is 11.4. The Morgan fingerprint density at radius 1 is 0.962 bits per heavy atom. The summed E-state index contributed by atoms with van der Waals surface area (Å²) in [6, 6.07) is 22.1. The van der Waals surface area contributed by atoms with E-state index in [-0.39, 0.29) is 21.8 Å². The topological polar surface area (TPSA) is 134 Å². The number of hydrogen-bond donors (Lipinski definition) is 3. The highest BCUT2D eigenvalue weighted by Gasteiger charge is 2.58. The number of benzene rings is 3. The Bertz CT molecular complexity index is 1930. The zero-order chi connectivity index (χ0) is 37.3. The van der Waals surface area contributed by atoms with Gasteiger partial charge < -0.3 is 15.5 Å². The second kappa shape index (κ2) is 15.3. The fourth-order valence-electron chi connectivity index (χ4n) is 9.60. The highest BCUT2D eigenvalue weighted by molar-refractivity contribution is 7.90. The van der Waals surface area contributed by atoms with Crippen molar-refractivity contribution in [2.75, 3.05) is 29.9 Å². The van der Waals surface area contributed by atoms with Gasteiger partial charge in [0, 0.05) is 49.0 Å². The molecular weight excluding hydrogens is 687 g/mol. The Hall–Kier alpha value is -4.22. The van der Waals surface area contributed by atoms with Gasteiger partial charge in [-0.25, -0.2) is 13.1 Å². The summed E-state index contributed by atoms with van der Waals surface area (Å²) in [5, 5.41) is 19.1. The molecule has 282 valence electrons. The average molecular weight is 740 g/mol. The molecule has 0 aromatic heterocycles. The van der Waals surface area contributed by atoms with Gasteiger partial charge in [-0.1, -0.05) is 76.4 Å². The van der Waals surface area contributed by atoms with E-state index < -0.39 is 20.9 Å². The highest BCUT2D eigenvalue weighted by atomic mass is 32.2. The molecule has 1 heterocycles. The van der Waals surface area contributed by atoms with Crippen molar-refractivity contribution in [2.45, 2.75) is 89.1 Å². The number of nitro groups is 1. The summed E-state index contributed by atoms with van der Waals surface area (Å²) < 4.78 is 28.5. The van der Waals surface area contributed by atoms with E-state index in [4.69, 9.17) is 0 Å². The standard InChI is InChI=1S/C42H53N5O5S/c1-28-36-26-37(42(36,2)3)35(24-29-10-6-4-7-11-29)40(28)44-32-20-22-46(23-21-32)33-16-14-31(15-17-33)41(48)45-53(51,52)34-18-19-38(39(25-34)47(49)50)43-27-30-12-8-5-9-13-30/h4,6-7,10-11,14-19,24-25,28,30,32,36-37,40,43-44H,5,8-9,12-13,20-23,26-27H2,1-3H3,(H,45,48)/t28-,36-,37-,40-/m0/s1. The number of nitro benzene ring substituents is 1. The van der Waals surface area contributed by atoms with E-state index in [0.717, 1.165) is 69.3 Å². The molecule has 3 aromatic carbocycles. The lowest BCUT2D eigenvalue weighted by molar-refractivity contribution is -0.384. The first-order chi connectivity index (χ1) is 25.4. The van der Waals surface area contributed by atoms with Crippen LogP contribution in [0.3, 0.4) is 0 Å². The number of sulfonamides is 1. The van der Waals surface area contributed by atoms with Crippen LogP contribution in [0.25, 0.3) is 6.08 Å². The Morgan fingerprint density at radius 2 is 1.66 bits per heavy atom. The fourth-order valence-corrected chi connectivity index (χ4v) is 10.6. The number of anilines is 2. The smallest absolute Gasteiger partial charge is 0.293 e. The molecule has 53 heavy (non-hydrogen) atoms. The van der Waals surface area contributed by atoms with Crippen LogP contribution in [0.4, 0.5) is 17.1 Å². The van der Waals surface area contributed by atoms with Crippen LogP contribution in [0.5, 0.6) is 0 Å². The first-order valence-corrected chi connectivity index (χ1v) is 20.9. The molecule has 3 aromatic rings. The van der Waals surface area contributed by atoms with Gasteiger partial charge in [-0.3, -0.25) is 14.9 Å². The summed E-state index contributed by atoms with van der Waals surface area (Å²) in [5.74, 6) is 1.54. The van der Waals surface area contributed by atoms with E-state index in [1.807, 2.05) is 12.1 Å². The number of carbonyl (C=O) groups is 1. The minimum atomic E-state index is -4.35. The van der Waals surface area contributed by atoms with Gasteiger partial charge in [0.05, 0.1) is 9.82 Å². The Kier molecular flexibility index (Phi) is 10.7. The quantitative estimate of drug-likeness (QED) is 0.133. The second-order valence-corrected chi connectivity index (χ2v) is 18.0. The van der Waals surface area contributed by atoms with Gasteiger partial charge in [0.1, 0.15) is 5.69 Å². The normalized spacial score (nSPS) is 25.4. The van der Waals surface area contributed by atoms with Crippen molar-refractivity contribution in [1.82, 2.24) is 10.0 Å². The molecule has 1 aliphatic heterocycles.